The number of ketones is 1. The molecule has 2 atom stereocenters. The van der Waals surface area contributed by atoms with Crippen LogP contribution >= 0.6 is 11.8 Å². The van der Waals surface area contributed by atoms with E-state index in [1.54, 1.807) is 35.3 Å². The Balaban J connectivity index is 1.66. The number of aromatic amines is 1. The number of thioether (sulfide) groups is 1. The summed E-state index contributed by atoms with van der Waals surface area (Å²) in [5.41, 5.74) is 2.49. The number of hydrogen-bond donors (Lipinski definition) is 1. The van der Waals surface area contributed by atoms with Crippen molar-refractivity contribution >= 4 is 34.9 Å². The number of hydrogen-bond acceptors (Lipinski definition) is 4. The first kappa shape index (κ1) is 15.0. The lowest BCUT2D eigenvalue weighted by Gasteiger charge is -2.24. The van der Waals surface area contributed by atoms with E-state index in [9.17, 15) is 9.59 Å². The molecule has 0 spiro atoms. The Morgan fingerprint density at radius 3 is 2.96 bits per heavy atom. The molecule has 6 heteroatoms. The summed E-state index contributed by atoms with van der Waals surface area (Å²) >= 11 is 1.59. The average molecular weight is 337 g/mol. The van der Waals surface area contributed by atoms with Crippen LogP contribution in [0.25, 0.3) is 10.9 Å². The molecule has 24 heavy (non-hydrogen) atoms. The standard InChI is InChI=1S/C18H15N3O2S/c22-11-21-16(10-24-18(21)12-4-3-7-19-8-12)17(23)14-9-20-15-6-2-1-5-13(14)15/h1-9,11,16,18,20H,10H2/t16-,18-/m0/s1. The first-order valence-corrected chi connectivity index (χ1v) is 8.69. The Hall–Kier alpha value is -2.60. The highest BCUT2D eigenvalue weighted by molar-refractivity contribution is 7.99. The molecule has 0 saturated carbocycles. The molecule has 5 nitrogen and oxygen atoms in total. The van der Waals surface area contributed by atoms with Gasteiger partial charge in [-0.25, -0.2) is 0 Å². The summed E-state index contributed by atoms with van der Waals surface area (Å²) in [5, 5.41) is 0.721. The Bertz CT molecular complexity index is 893. The van der Waals surface area contributed by atoms with Gasteiger partial charge in [-0.3, -0.25) is 14.6 Å². The number of carbonyl (C=O) groups excluding carboxylic acids is 2. The van der Waals surface area contributed by atoms with Crippen LogP contribution in [0.15, 0.2) is 55.0 Å². The summed E-state index contributed by atoms with van der Waals surface area (Å²) in [7, 11) is 0. The number of H-pyrrole nitrogens is 1. The second-order valence-electron chi connectivity index (χ2n) is 5.65. The van der Waals surface area contributed by atoms with Crippen molar-refractivity contribution in [1.82, 2.24) is 14.9 Å². The smallest absolute Gasteiger partial charge is 0.211 e. The van der Waals surface area contributed by atoms with Gasteiger partial charge in [0.1, 0.15) is 11.4 Å². The van der Waals surface area contributed by atoms with Crippen molar-refractivity contribution in [2.45, 2.75) is 11.4 Å². The average Bonchev–Trinajstić information content (AvgIpc) is 3.26. The summed E-state index contributed by atoms with van der Waals surface area (Å²) in [6, 6.07) is 11.0. The molecular formula is C18H15N3O2S. The molecule has 1 aromatic carbocycles. The molecule has 4 rings (SSSR count). The monoisotopic (exact) mass is 337 g/mol. The first-order chi connectivity index (χ1) is 11.8. The van der Waals surface area contributed by atoms with Crippen molar-refractivity contribution in [3.63, 3.8) is 0 Å². The predicted molar refractivity (Wildman–Crippen MR) is 93.8 cm³/mol. The maximum absolute atomic E-state index is 13.0. The number of carbonyl (C=O) groups is 2. The molecule has 2 aromatic heterocycles. The number of Topliss-reactive ketones (excluding diaryl/α,β-unsaturated/α-hetero) is 1. The molecule has 3 heterocycles. The molecule has 1 saturated heterocycles. The normalized spacial score (nSPS) is 20.4. The molecule has 3 aromatic rings. The van der Waals surface area contributed by atoms with E-state index in [2.05, 4.69) is 9.97 Å². The van der Waals surface area contributed by atoms with Gasteiger partial charge in [0, 0.05) is 46.4 Å². The van der Waals surface area contributed by atoms with Crippen LogP contribution in [0, 0.1) is 0 Å². The van der Waals surface area contributed by atoms with Gasteiger partial charge in [0.05, 0.1) is 0 Å². The lowest BCUT2D eigenvalue weighted by molar-refractivity contribution is -0.119. The number of nitrogens with one attached hydrogen (secondary N) is 1. The van der Waals surface area contributed by atoms with Crippen LogP contribution in [0.2, 0.25) is 0 Å². The molecule has 1 aliphatic heterocycles. The summed E-state index contributed by atoms with van der Waals surface area (Å²) in [6.07, 6.45) is 5.95. The minimum absolute atomic E-state index is 0.0292. The lowest BCUT2D eigenvalue weighted by Crippen LogP contribution is -2.38. The third-order valence-corrected chi connectivity index (χ3v) is 5.63. The number of pyridine rings is 1. The van der Waals surface area contributed by atoms with Crippen LogP contribution in [-0.4, -0.2) is 38.9 Å². The van der Waals surface area contributed by atoms with E-state index in [0.29, 0.717) is 11.3 Å². The summed E-state index contributed by atoms with van der Waals surface area (Å²) < 4.78 is 0. The maximum Gasteiger partial charge on any atom is 0.211 e. The fourth-order valence-electron chi connectivity index (χ4n) is 3.10. The third kappa shape index (κ3) is 2.39. The zero-order chi connectivity index (χ0) is 16.5. The van der Waals surface area contributed by atoms with E-state index in [4.69, 9.17) is 0 Å². The van der Waals surface area contributed by atoms with Crippen molar-refractivity contribution in [3.05, 3.63) is 66.1 Å². The van der Waals surface area contributed by atoms with E-state index in [-0.39, 0.29) is 11.2 Å². The van der Waals surface area contributed by atoms with Crippen molar-refractivity contribution in [3.8, 4) is 0 Å². The Morgan fingerprint density at radius 2 is 2.17 bits per heavy atom. The number of benzene rings is 1. The summed E-state index contributed by atoms with van der Waals surface area (Å²) in [5.74, 6) is 0.551. The highest BCUT2D eigenvalue weighted by Gasteiger charge is 2.39. The minimum atomic E-state index is -0.461. The Kier molecular flexibility index (Phi) is 3.82. The number of rotatable bonds is 4. The molecule has 0 aliphatic carbocycles. The van der Waals surface area contributed by atoms with Gasteiger partial charge < -0.3 is 9.88 Å². The van der Waals surface area contributed by atoms with Crippen LogP contribution in [0.5, 0.6) is 0 Å². The van der Waals surface area contributed by atoms with Crippen LogP contribution in [0.3, 0.4) is 0 Å². The number of aromatic nitrogens is 2. The number of fused-ring (bicyclic) bond motifs is 1. The number of nitrogens with zero attached hydrogens (tertiary/aromatic N) is 2. The maximum atomic E-state index is 13.0. The SMILES string of the molecule is O=CN1[C@H](C(=O)c2c[nH]c3ccccc23)CS[C@H]1c1cccnc1. The molecule has 120 valence electrons. The fourth-order valence-corrected chi connectivity index (χ4v) is 4.49. The van der Waals surface area contributed by atoms with Gasteiger partial charge in [-0.15, -0.1) is 11.8 Å². The Labute approximate surface area is 143 Å². The molecule has 0 radical (unpaired) electrons. The molecule has 1 aliphatic rings. The topological polar surface area (TPSA) is 66.1 Å². The van der Waals surface area contributed by atoms with Gasteiger partial charge >= 0.3 is 0 Å². The van der Waals surface area contributed by atoms with E-state index in [1.165, 1.54) is 0 Å². The van der Waals surface area contributed by atoms with Gasteiger partial charge in [-0.05, 0) is 12.1 Å². The predicted octanol–water partition coefficient (Wildman–Crippen LogP) is 3.02. The quantitative estimate of drug-likeness (QED) is 0.587. The molecule has 1 amide bonds. The zero-order valence-electron chi connectivity index (χ0n) is 12.8. The molecule has 0 unspecified atom stereocenters. The third-order valence-electron chi connectivity index (χ3n) is 4.29. The van der Waals surface area contributed by atoms with Crippen LogP contribution < -0.4 is 0 Å². The van der Waals surface area contributed by atoms with E-state index in [0.717, 1.165) is 22.9 Å². The van der Waals surface area contributed by atoms with Gasteiger partial charge in [-0.2, -0.15) is 0 Å². The highest BCUT2D eigenvalue weighted by Crippen LogP contribution is 2.41. The van der Waals surface area contributed by atoms with E-state index < -0.39 is 6.04 Å². The molecule has 1 fully saturated rings. The largest absolute Gasteiger partial charge is 0.360 e. The van der Waals surface area contributed by atoms with Gasteiger partial charge in [0.25, 0.3) is 0 Å². The number of amides is 1. The van der Waals surface area contributed by atoms with Crippen LogP contribution in [0.1, 0.15) is 21.3 Å². The van der Waals surface area contributed by atoms with Gasteiger partial charge in [-0.1, -0.05) is 24.3 Å². The summed E-state index contributed by atoms with van der Waals surface area (Å²) in [4.78, 5) is 33.5. The summed E-state index contributed by atoms with van der Waals surface area (Å²) in [6.45, 7) is 0. The highest BCUT2D eigenvalue weighted by atomic mass is 32.2. The zero-order valence-corrected chi connectivity index (χ0v) is 13.6. The van der Waals surface area contributed by atoms with E-state index >= 15 is 0 Å². The molecular weight excluding hydrogens is 322 g/mol. The Morgan fingerprint density at radius 1 is 1.29 bits per heavy atom. The fraction of sp³-hybridized carbons (Fsp3) is 0.167. The first-order valence-electron chi connectivity index (χ1n) is 7.64. The van der Waals surface area contributed by atoms with Crippen LogP contribution in [-0.2, 0) is 4.79 Å². The second-order valence-corrected chi connectivity index (χ2v) is 6.77. The van der Waals surface area contributed by atoms with Crippen molar-refractivity contribution in [2.75, 3.05) is 5.75 Å². The van der Waals surface area contributed by atoms with Gasteiger partial charge in [0.2, 0.25) is 6.41 Å². The van der Waals surface area contributed by atoms with Crippen molar-refractivity contribution < 1.29 is 9.59 Å². The van der Waals surface area contributed by atoms with E-state index in [1.807, 2.05) is 36.4 Å². The van der Waals surface area contributed by atoms with Crippen LogP contribution in [0.4, 0.5) is 0 Å². The van der Waals surface area contributed by atoms with Gasteiger partial charge in [0.15, 0.2) is 5.78 Å². The molecule has 1 N–H and O–H groups in total. The van der Waals surface area contributed by atoms with Crippen molar-refractivity contribution in [1.29, 1.82) is 0 Å². The number of para-hydroxylation sites is 1. The second kappa shape index (κ2) is 6.13. The lowest BCUT2D eigenvalue weighted by atomic mass is 10.0. The minimum Gasteiger partial charge on any atom is -0.360 e. The molecule has 0 bridgehead atoms. The van der Waals surface area contributed by atoms with Crippen molar-refractivity contribution in [2.24, 2.45) is 0 Å².